The predicted octanol–water partition coefficient (Wildman–Crippen LogP) is 3.96. The first-order chi connectivity index (χ1) is 14.3. The quantitative estimate of drug-likeness (QED) is 0.216. The van der Waals surface area contributed by atoms with Crippen LogP contribution in [0.2, 0.25) is 0 Å². The lowest BCUT2D eigenvalue weighted by atomic mass is 10.0. The van der Waals surface area contributed by atoms with Crippen molar-refractivity contribution >= 4 is 16.9 Å². The lowest BCUT2D eigenvalue weighted by Crippen LogP contribution is -2.42. The largest absolute Gasteiger partial charge is 0.417 e. The van der Waals surface area contributed by atoms with Crippen molar-refractivity contribution in [2.24, 2.45) is 5.16 Å². The molecule has 1 fully saturated rings. The Balaban J connectivity index is 1.61. The molecule has 0 aliphatic carbocycles. The number of aromatic amines is 1. The van der Waals surface area contributed by atoms with Gasteiger partial charge in [0.05, 0.1) is 22.2 Å². The van der Waals surface area contributed by atoms with Gasteiger partial charge in [0.2, 0.25) is 0 Å². The van der Waals surface area contributed by atoms with Crippen molar-refractivity contribution < 1.29 is 22.8 Å². The van der Waals surface area contributed by atoms with Crippen molar-refractivity contribution in [3.8, 4) is 0 Å². The van der Waals surface area contributed by atoms with Crippen LogP contribution in [0, 0.1) is 5.82 Å². The second-order valence-electron chi connectivity index (χ2n) is 7.12. The number of nitrogens with zero attached hydrogens (tertiary/aromatic N) is 3. The Labute approximate surface area is 168 Å². The molecule has 1 saturated heterocycles. The molecular formula is C20H18F4N4O2. The molecule has 0 bridgehead atoms. The van der Waals surface area contributed by atoms with Gasteiger partial charge in [0.15, 0.2) is 5.84 Å². The Morgan fingerprint density at radius 1 is 1.10 bits per heavy atom. The highest BCUT2D eigenvalue weighted by molar-refractivity contribution is 6.00. The number of benzene rings is 2. The third-order valence-corrected chi connectivity index (χ3v) is 5.39. The molecule has 6 nitrogen and oxygen atoms in total. The number of nitrogens with one attached hydrogen (secondary N) is 1. The predicted molar refractivity (Wildman–Crippen MR) is 102 cm³/mol. The van der Waals surface area contributed by atoms with E-state index in [1.807, 2.05) is 18.2 Å². The smallest absolute Gasteiger partial charge is 0.409 e. The number of piperidine rings is 1. The summed E-state index contributed by atoms with van der Waals surface area (Å²) < 4.78 is 56.1. The van der Waals surface area contributed by atoms with E-state index in [1.165, 1.54) is 4.90 Å². The molecule has 0 radical (unpaired) electrons. The van der Waals surface area contributed by atoms with E-state index < -0.39 is 29.0 Å². The Hall–Kier alpha value is -3.30. The van der Waals surface area contributed by atoms with Crippen LogP contribution in [0.25, 0.3) is 11.0 Å². The SMILES string of the molecule is O=c1[nH]c2ccccc2n1C1CCN(C(=NO)c2c(F)cccc2C(F)(F)F)CC1. The highest BCUT2D eigenvalue weighted by atomic mass is 19.4. The molecule has 2 heterocycles. The highest BCUT2D eigenvalue weighted by Crippen LogP contribution is 2.35. The molecule has 2 aromatic carbocycles. The fourth-order valence-corrected chi connectivity index (χ4v) is 4.03. The van der Waals surface area contributed by atoms with Crippen molar-refractivity contribution in [2.45, 2.75) is 25.1 Å². The van der Waals surface area contributed by atoms with Crippen LogP contribution >= 0.6 is 0 Å². The number of oxime groups is 1. The van der Waals surface area contributed by atoms with Crippen molar-refractivity contribution in [2.75, 3.05) is 13.1 Å². The summed E-state index contributed by atoms with van der Waals surface area (Å²) in [5, 5.41) is 12.4. The number of hydrogen-bond acceptors (Lipinski definition) is 3. The van der Waals surface area contributed by atoms with E-state index in [0.717, 1.165) is 23.7 Å². The second kappa shape index (κ2) is 7.51. The number of rotatable bonds is 2. The van der Waals surface area contributed by atoms with Gasteiger partial charge in [-0.25, -0.2) is 9.18 Å². The maximum atomic E-state index is 14.3. The van der Waals surface area contributed by atoms with Crippen LogP contribution in [-0.2, 0) is 6.18 Å². The van der Waals surface area contributed by atoms with Crippen molar-refractivity contribution in [3.63, 3.8) is 0 Å². The minimum absolute atomic E-state index is 0.187. The summed E-state index contributed by atoms with van der Waals surface area (Å²) in [4.78, 5) is 16.6. The molecule has 0 saturated carbocycles. The van der Waals surface area contributed by atoms with Crippen molar-refractivity contribution in [1.29, 1.82) is 0 Å². The molecule has 4 rings (SSSR count). The normalized spacial score (nSPS) is 16.4. The maximum absolute atomic E-state index is 14.3. The molecule has 10 heteroatoms. The number of imidazole rings is 1. The molecule has 0 spiro atoms. The van der Waals surface area contributed by atoms with Gasteiger partial charge in [-0.15, -0.1) is 0 Å². The summed E-state index contributed by atoms with van der Waals surface area (Å²) in [6.07, 6.45) is -3.98. The summed E-state index contributed by atoms with van der Waals surface area (Å²) >= 11 is 0. The lowest BCUT2D eigenvalue weighted by molar-refractivity contribution is -0.138. The molecule has 30 heavy (non-hydrogen) atoms. The fourth-order valence-electron chi connectivity index (χ4n) is 4.03. The topological polar surface area (TPSA) is 73.6 Å². The van der Waals surface area contributed by atoms with Gasteiger partial charge in [-0.3, -0.25) is 4.57 Å². The van der Waals surface area contributed by atoms with E-state index in [9.17, 15) is 27.6 Å². The first-order valence-corrected chi connectivity index (χ1v) is 9.33. The Bertz CT molecular complexity index is 1160. The van der Waals surface area contributed by atoms with E-state index in [2.05, 4.69) is 10.1 Å². The molecule has 1 aliphatic heterocycles. The first kappa shape index (κ1) is 20.0. The van der Waals surface area contributed by atoms with E-state index in [0.29, 0.717) is 18.4 Å². The number of halogens is 4. The number of fused-ring (bicyclic) bond motifs is 1. The van der Waals surface area contributed by atoms with Gasteiger partial charge in [0.25, 0.3) is 0 Å². The van der Waals surface area contributed by atoms with E-state index in [-0.39, 0.29) is 24.8 Å². The summed E-state index contributed by atoms with van der Waals surface area (Å²) in [6, 6.07) is 9.65. The first-order valence-electron chi connectivity index (χ1n) is 9.33. The number of hydrogen-bond donors (Lipinski definition) is 2. The lowest BCUT2D eigenvalue weighted by Gasteiger charge is -2.34. The van der Waals surface area contributed by atoms with Gasteiger partial charge in [0, 0.05) is 19.1 Å². The van der Waals surface area contributed by atoms with Crippen molar-refractivity contribution in [1.82, 2.24) is 14.5 Å². The number of likely N-dealkylation sites (tertiary alicyclic amines) is 1. The number of aromatic nitrogens is 2. The van der Waals surface area contributed by atoms with Gasteiger partial charge in [-0.05, 0) is 37.1 Å². The molecule has 0 unspecified atom stereocenters. The molecule has 3 aromatic rings. The molecule has 0 atom stereocenters. The second-order valence-corrected chi connectivity index (χ2v) is 7.12. The van der Waals surface area contributed by atoms with Gasteiger partial charge < -0.3 is 15.1 Å². The molecule has 0 amide bonds. The van der Waals surface area contributed by atoms with Crippen molar-refractivity contribution in [3.05, 3.63) is 69.9 Å². The molecule has 1 aliphatic rings. The van der Waals surface area contributed by atoms with Gasteiger partial charge in [0.1, 0.15) is 5.82 Å². The standard InChI is InChI=1S/C20H18F4N4O2/c21-14-5-3-4-13(20(22,23)24)17(14)18(26-30)27-10-8-12(9-11-27)28-16-7-2-1-6-15(16)25-19(28)29/h1-7,12,30H,8-11H2,(H,25,29). The molecule has 1 aromatic heterocycles. The average molecular weight is 422 g/mol. The molecule has 2 N–H and O–H groups in total. The van der Waals surface area contributed by atoms with Crippen LogP contribution < -0.4 is 5.69 Å². The number of para-hydroxylation sites is 2. The number of H-pyrrole nitrogens is 1. The average Bonchev–Trinajstić information content (AvgIpc) is 3.05. The van der Waals surface area contributed by atoms with Gasteiger partial charge in [-0.1, -0.05) is 23.4 Å². The monoisotopic (exact) mass is 422 g/mol. The molecular weight excluding hydrogens is 404 g/mol. The number of amidine groups is 1. The zero-order chi connectivity index (χ0) is 21.5. The van der Waals surface area contributed by atoms with E-state index >= 15 is 0 Å². The zero-order valence-electron chi connectivity index (χ0n) is 15.7. The van der Waals surface area contributed by atoms with Crippen LogP contribution in [0.1, 0.15) is 30.0 Å². The van der Waals surface area contributed by atoms with Crippen LogP contribution in [0.5, 0.6) is 0 Å². The minimum atomic E-state index is -4.80. The zero-order valence-corrected chi connectivity index (χ0v) is 15.7. The Morgan fingerprint density at radius 3 is 2.47 bits per heavy atom. The van der Waals surface area contributed by atoms with Crippen LogP contribution in [0.15, 0.2) is 52.4 Å². The van der Waals surface area contributed by atoms with Crippen LogP contribution in [0.3, 0.4) is 0 Å². The van der Waals surface area contributed by atoms with Crippen LogP contribution in [-0.4, -0.2) is 38.6 Å². The van der Waals surface area contributed by atoms with Gasteiger partial charge in [-0.2, -0.15) is 13.2 Å². The third-order valence-electron chi connectivity index (χ3n) is 5.39. The number of alkyl halides is 3. The van der Waals surface area contributed by atoms with Crippen LogP contribution in [0.4, 0.5) is 17.6 Å². The minimum Gasteiger partial charge on any atom is -0.409 e. The third kappa shape index (κ3) is 3.42. The van der Waals surface area contributed by atoms with E-state index in [1.54, 1.807) is 10.6 Å². The maximum Gasteiger partial charge on any atom is 0.417 e. The van der Waals surface area contributed by atoms with E-state index in [4.69, 9.17) is 0 Å². The fraction of sp³-hybridized carbons (Fsp3) is 0.300. The summed E-state index contributed by atoms with van der Waals surface area (Å²) in [5.41, 5.74) is -0.811. The molecule has 158 valence electrons. The summed E-state index contributed by atoms with van der Waals surface area (Å²) in [6.45, 7) is 0.392. The highest BCUT2D eigenvalue weighted by Gasteiger charge is 2.38. The summed E-state index contributed by atoms with van der Waals surface area (Å²) in [7, 11) is 0. The summed E-state index contributed by atoms with van der Waals surface area (Å²) in [5.74, 6) is -1.59. The van der Waals surface area contributed by atoms with Gasteiger partial charge >= 0.3 is 11.9 Å². The Morgan fingerprint density at radius 2 is 1.80 bits per heavy atom. The Kier molecular flexibility index (Phi) is 5.00.